The molecule has 17 heavy (non-hydrogen) atoms. The van der Waals surface area contributed by atoms with E-state index in [0.717, 1.165) is 15.9 Å². The normalized spacial score (nSPS) is 12.5. The third kappa shape index (κ3) is 2.55. The largest absolute Gasteiger partial charge is 0.480 e. The number of para-hydroxylation sites is 1. The molecule has 1 aromatic heterocycles. The molecule has 1 N–H and O–H groups in total. The van der Waals surface area contributed by atoms with E-state index in [1.807, 2.05) is 31.2 Å². The molecule has 0 saturated heterocycles. The van der Waals surface area contributed by atoms with Crippen LogP contribution in [0.1, 0.15) is 13.3 Å². The molecule has 5 heteroatoms. The zero-order chi connectivity index (χ0) is 12.3. The number of carboxylic acids is 1. The molecule has 4 nitrogen and oxygen atoms in total. The molecule has 0 fully saturated rings. The van der Waals surface area contributed by atoms with Crippen LogP contribution in [0.25, 0.3) is 10.9 Å². The number of nitrogens with zero attached hydrogens (tertiary/aromatic N) is 2. The smallest absolute Gasteiger partial charge is 0.317 e. The van der Waals surface area contributed by atoms with Gasteiger partial charge in [0.15, 0.2) is 0 Å². The van der Waals surface area contributed by atoms with E-state index in [2.05, 4.69) is 9.97 Å². The van der Waals surface area contributed by atoms with Crippen molar-refractivity contribution in [1.82, 2.24) is 9.97 Å². The minimum absolute atomic E-state index is 0.465. The van der Waals surface area contributed by atoms with Crippen LogP contribution in [0.2, 0.25) is 0 Å². The van der Waals surface area contributed by atoms with Gasteiger partial charge in [-0.05, 0) is 12.5 Å². The van der Waals surface area contributed by atoms with Crippen LogP contribution in [0, 0.1) is 0 Å². The molecule has 0 amide bonds. The Morgan fingerprint density at radius 1 is 1.41 bits per heavy atom. The summed E-state index contributed by atoms with van der Waals surface area (Å²) in [5.41, 5.74) is 0.838. The lowest BCUT2D eigenvalue weighted by molar-refractivity contribution is -0.136. The maximum absolute atomic E-state index is 11.0. The third-order valence-corrected chi connectivity index (χ3v) is 3.77. The summed E-state index contributed by atoms with van der Waals surface area (Å²) in [7, 11) is 0. The first-order valence-electron chi connectivity index (χ1n) is 5.31. The van der Waals surface area contributed by atoms with Gasteiger partial charge in [-0.1, -0.05) is 36.9 Å². The Morgan fingerprint density at radius 2 is 2.18 bits per heavy atom. The molecule has 0 bridgehead atoms. The van der Waals surface area contributed by atoms with Crippen LogP contribution >= 0.6 is 11.8 Å². The second kappa shape index (κ2) is 5.14. The maximum atomic E-state index is 11.0. The Hall–Kier alpha value is -1.62. The topological polar surface area (TPSA) is 63.1 Å². The molecular weight excluding hydrogens is 236 g/mol. The van der Waals surface area contributed by atoms with Crippen molar-refractivity contribution in [2.75, 3.05) is 0 Å². The summed E-state index contributed by atoms with van der Waals surface area (Å²) in [4.78, 5) is 19.3. The van der Waals surface area contributed by atoms with Gasteiger partial charge in [0, 0.05) is 5.39 Å². The third-order valence-electron chi connectivity index (χ3n) is 2.41. The summed E-state index contributed by atoms with van der Waals surface area (Å²) < 4.78 is 0. The minimum Gasteiger partial charge on any atom is -0.480 e. The number of carboxylic acid groups (broad SMARTS) is 1. The van der Waals surface area contributed by atoms with Crippen LogP contribution in [0.4, 0.5) is 0 Å². The highest BCUT2D eigenvalue weighted by Crippen LogP contribution is 2.29. The van der Waals surface area contributed by atoms with Gasteiger partial charge in [0.25, 0.3) is 0 Å². The summed E-state index contributed by atoms with van der Waals surface area (Å²) in [6.45, 7) is 1.86. The molecule has 2 aromatic rings. The number of hydrogen-bond donors (Lipinski definition) is 1. The first-order valence-corrected chi connectivity index (χ1v) is 6.19. The van der Waals surface area contributed by atoms with Gasteiger partial charge >= 0.3 is 5.97 Å². The van der Waals surface area contributed by atoms with Crippen molar-refractivity contribution >= 4 is 28.6 Å². The number of aromatic nitrogens is 2. The molecule has 1 unspecified atom stereocenters. The van der Waals surface area contributed by atoms with Gasteiger partial charge in [-0.25, -0.2) is 9.97 Å². The first-order chi connectivity index (χ1) is 8.22. The molecule has 0 aliphatic rings. The predicted octanol–water partition coefficient (Wildman–Crippen LogP) is 2.59. The van der Waals surface area contributed by atoms with E-state index in [0.29, 0.717) is 6.42 Å². The zero-order valence-corrected chi connectivity index (χ0v) is 10.1. The number of fused-ring (bicyclic) bond motifs is 1. The Morgan fingerprint density at radius 3 is 2.88 bits per heavy atom. The van der Waals surface area contributed by atoms with Crippen molar-refractivity contribution in [3.05, 3.63) is 30.6 Å². The van der Waals surface area contributed by atoms with Gasteiger partial charge in [0.05, 0.1) is 5.52 Å². The van der Waals surface area contributed by atoms with Crippen molar-refractivity contribution in [1.29, 1.82) is 0 Å². The van der Waals surface area contributed by atoms with Crippen LogP contribution in [-0.4, -0.2) is 26.3 Å². The van der Waals surface area contributed by atoms with Crippen LogP contribution in [-0.2, 0) is 4.79 Å². The summed E-state index contributed by atoms with van der Waals surface area (Å²) in [5, 5.41) is 10.2. The van der Waals surface area contributed by atoms with Crippen LogP contribution in [0.15, 0.2) is 35.6 Å². The lowest BCUT2D eigenvalue weighted by Crippen LogP contribution is -2.15. The van der Waals surface area contributed by atoms with E-state index in [1.165, 1.54) is 18.1 Å². The van der Waals surface area contributed by atoms with Gasteiger partial charge in [-0.2, -0.15) is 0 Å². The molecule has 0 saturated carbocycles. The molecular formula is C12H12N2O2S. The molecule has 88 valence electrons. The predicted molar refractivity (Wildman–Crippen MR) is 67.1 cm³/mol. The molecule has 0 radical (unpaired) electrons. The van der Waals surface area contributed by atoms with Crippen molar-refractivity contribution < 1.29 is 9.90 Å². The summed E-state index contributed by atoms with van der Waals surface area (Å²) >= 11 is 1.28. The molecule has 0 aliphatic heterocycles. The highest BCUT2D eigenvalue weighted by molar-refractivity contribution is 8.00. The number of thioether (sulfide) groups is 1. The molecule has 1 atom stereocenters. The summed E-state index contributed by atoms with van der Waals surface area (Å²) in [5.74, 6) is -0.805. The zero-order valence-electron chi connectivity index (χ0n) is 9.33. The fourth-order valence-electron chi connectivity index (χ4n) is 1.52. The van der Waals surface area contributed by atoms with Crippen molar-refractivity contribution in [3.63, 3.8) is 0 Å². The number of carbonyl (C=O) groups is 1. The van der Waals surface area contributed by atoms with Crippen molar-refractivity contribution in [2.24, 2.45) is 0 Å². The average Bonchev–Trinajstić information content (AvgIpc) is 2.35. The number of aliphatic carboxylic acids is 1. The molecule has 2 rings (SSSR count). The second-order valence-electron chi connectivity index (χ2n) is 3.55. The van der Waals surface area contributed by atoms with Gasteiger partial charge < -0.3 is 5.11 Å². The average molecular weight is 248 g/mol. The Kier molecular flexibility index (Phi) is 3.58. The van der Waals surface area contributed by atoms with Crippen LogP contribution < -0.4 is 0 Å². The maximum Gasteiger partial charge on any atom is 0.317 e. The summed E-state index contributed by atoms with van der Waals surface area (Å²) in [6, 6.07) is 7.60. The SMILES string of the molecule is CCC(Sc1ncnc2ccccc12)C(=O)O. The van der Waals surface area contributed by atoms with Gasteiger partial charge in [0.1, 0.15) is 16.6 Å². The van der Waals surface area contributed by atoms with Crippen LogP contribution in [0.5, 0.6) is 0 Å². The molecule has 0 aliphatic carbocycles. The Balaban J connectivity index is 2.38. The van der Waals surface area contributed by atoms with Gasteiger partial charge in [-0.3, -0.25) is 4.79 Å². The molecule has 1 aromatic carbocycles. The molecule has 1 heterocycles. The fraction of sp³-hybridized carbons (Fsp3) is 0.250. The lowest BCUT2D eigenvalue weighted by Gasteiger charge is -2.09. The highest BCUT2D eigenvalue weighted by Gasteiger charge is 2.18. The van der Waals surface area contributed by atoms with Gasteiger partial charge in [-0.15, -0.1) is 0 Å². The van der Waals surface area contributed by atoms with E-state index >= 15 is 0 Å². The van der Waals surface area contributed by atoms with Crippen molar-refractivity contribution in [2.45, 2.75) is 23.6 Å². The van der Waals surface area contributed by atoms with E-state index in [4.69, 9.17) is 5.11 Å². The van der Waals surface area contributed by atoms with Gasteiger partial charge in [0.2, 0.25) is 0 Å². The molecule has 0 spiro atoms. The Bertz CT molecular complexity index is 540. The summed E-state index contributed by atoms with van der Waals surface area (Å²) in [6.07, 6.45) is 2.04. The minimum atomic E-state index is -0.805. The van der Waals surface area contributed by atoms with E-state index < -0.39 is 11.2 Å². The quantitative estimate of drug-likeness (QED) is 0.665. The first kappa shape index (κ1) is 11.9. The van der Waals surface area contributed by atoms with Crippen LogP contribution in [0.3, 0.4) is 0 Å². The van der Waals surface area contributed by atoms with E-state index in [9.17, 15) is 4.79 Å². The van der Waals surface area contributed by atoms with E-state index in [1.54, 1.807) is 0 Å². The number of rotatable bonds is 4. The lowest BCUT2D eigenvalue weighted by atomic mass is 10.2. The fourth-order valence-corrected chi connectivity index (χ4v) is 2.46. The number of benzene rings is 1. The Labute approximate surface area is 103 Å². The second-order valence-corrected chi connectivity index (χ2v) is 4.74. The standard InChI is InChI=1S/C12H12N2O2S/c1-2-10(12(15)16)17-11-8-5-3-4-6-9(8)13-7-14-11/h3-7,10H,2H2,1H3,(H,15,16). The highest BCUT2D eigenvalue weighted by atomic mass is 32.2. The monoisotopic (exact) mass is 248 g/mol. The van der Waals surface area contributed by atoms with Crippen molar-refractivity contribution in [3.8, 4) is 0 Å². The number of hydrogen-bond acceptors (Lipinski definition) is 4. The van der Waals surface area contributed by atoms with E-state index in [-0.39, 0.29) is 0 Å².